The summed E-state index contributed by atoms with van der Waals surface area (Å²) >= 11 is 7.37. The molecule has 2 aromatic rings. The molecule has 140 valence electrons. The van der Waals surface area contributed by atoms with Crippen LogP contribution in [0.5, 0.6) is 0 Å². The summed E-state index contributed by atoms with van der Waals surface area (Å²) in [4.78, 5) is 19.0. The van der Waals surface area contributed by atoms with Gasteiger partial charge in [0.05, 0.1) is 5.02 Å². The van der Waals surface area contributed by atoms with E-state index in [1.807, 2.05) is 12.1 Å². The molecule has 0 aliphatic carbocycles. The van der Waals surface area contributed by atoms with Gasteiger partial charge >= 0.3 is 0 Å². The Hall–Kier alpha value is -1.73. The number of hydrogen-bond acceptors (Lipinski definition) is 6. The van der Waals surface area contributed by atoms with Crippen molar-refractivity contribution in [2.45, 2.75) is 45.4 Å². The van der Waals surface area contributed by atoms with Crippen molar-refractivity contribution in [1.82, 2.24) is 15.2 Å². The number of piperidine rings is 1. The number of amides is 1. The second-order valence-electron chi connectivity index (χ2n) is 6.54. The van der Waals surface area contributed by atoms with Crippen LogP contribution in [0.15, 0.2) is 18.3 Å². The first-order chi connectivity index (χ1) is 12.7. The van der Waals surface area contributed by atoms with Crippen LogP contribution in [-0.4, -0.2) is 34.2 Å². The Bertz CT molecular complexity index is 713. The van der Waals surface area contributed by atoms with E-state index < -0.39 is 0 Å². The maximum absolute atomic E-state index is 12.5. The molecule has 1 aliphatic heterocycles. The number of halogens is 1. The fraction of sp³-hybridized carbons (Fsp3) is 0.556. The van der Waals surface area contributed by atoms with Gasteiger partial charge in [0, 0.05) is 31.6 Å². The van der Waals surface area contributed by atoms with Crippen LogP contribution < -0.4 is 10.2 Å². The van der Waals surface area contributed by atoms with Gasteiger partial charge in [-0.1, -0.05) is 42.7 Å². The molecule has 1 saturated heterocycles. The Balaban J connectivity index is 1.47. The lowest BCUT2D eigenvalue weighted by molar-refractivity contribution is -0.120. The Labute approximate surface area is 163 Å². The summed E-state index contributed by atoms with van der Waals surface area (Å²) in [5, 5.41) is 13.5. The summed E-state index contributed by atoms with van der Waals surface area (Å²) in [5.41, 5.74) is 0. The van der Waals surface area contributed by atoms with Gasteiger partial charge in [-0.05, 0) is 31.4 Å². The van der Waals surface area contributed by atoms with Crippen molar-refractivity contribution in [3.05, 3.63) is 28.4 Å². The lowest BCUT2D eigenvalue weighted by Gasteiger charge is -2.31. The number of aryl methyl sites for hydroxylation is 1. The molecule has 8 heteroatoms. The molecule has 0 aromatic carbocycles. The Morgan fingerprint density at radius 1 is 1.31 bits per heavy atom. The number of aromatic nitrogens is 3. The van der Waals surface area contributed by atoms with Crippen LogP contribution in [0, 0.1) is 5.92 Å². The third kappa shape index (κ3) is 5.14. The van der Waals surface area contributed by atoms with E-state index in [9.17, 15) is 4.79 Å². The number of carbonyl (C=O) groups excluding carboxylic acids is 1. The van der Waals surface area contributed by atoms with Crippen LogP contribution in [0.4, 0.5) is 10.9 Å². The van der Waals surface area contributed by atoms with Gasteiger partial charge < -0.3 is 10.2 Å². The summed E-state index contributed by atoms with van der Waals surface area (Å²) < 4.78 is 0. The van der Waals surface area contributed by atoms with Crippen LogP contribution in [0.1, 0.15) is 44.0 Å². The predicted molar refractivity (Wildman–Crippen MR) is 106 cm³/mol. The summed E-state index contributed by atoms with van der Waals surface area (Å²) in [5.74, 6) is 0.963. The van der Waals surface area contributed by atoms with Crippen molar-refractivity contribution >= 4 is 39.8 Å². The zero-order valence-corrected chi connectivity index (χ0v) is 16.5. The standard InChI is InChI=1S/C18H24ClN5OS/c1-2-3-4-5-16-22-23-18(26-16)21-17(25)13-8-10-24(11-9-13)15-7-6-14(19)12-20-15/h6-7,12-13H,2-5,8-11H2,1H3,(H,21,23,25). The molecule has 6 nitrogen and oxygen atoms in total. The summed E-state index contributed by atoms with van der Waals surface area (Å²) in [6.45, 7) is 3.80. The topological polar surface area (TPSA) is 71.0 Å². The van der Waals surface area contributed by atoms with E-state index in [4.69, 9.17) is 11.6 Å². The second kappa shape index (κ2) is 9.28. The Morgan fingerprint density at radius 3 is 2.81 bits per heavy atom. The van der Waals surface area contributed by atoms with E-state index >= 15 is 0 Å². The fourth-order valence-corrected chi connectivity index (χ4v) is 3.96. The molecule has 26 heavy (non-hydrogen) atoms. The first-order valence-electron chi connectivity index (χ1n) is 9.15. The highest BCUT2D eigenvalue weighted by Gasteiger charge is 2.26. The van der Waals surface area contributed by atoms with E-state index in [1.165, 1.54) is 24.2 Å². The van der Waals surface area contributed by atoms with Gasteiger partial charge in [-0.2, -0.15) is 0 Å². The zero-order valence-electron chi connectivity index (χ0n) is 14.9. The second-order valence-corrected chi connectivity index (χ2v) is 8.04. The maximum atomic E-state index is 12.5. The molecule has 3 heterocycles. The summed E-state index contributed by atoms with van der Waals surface area (Å²) in [7, 11) is 0. The number of nitrogens with one attached hydrogen (secondary N) is 1. The van der Waals surface area contributed by atoms with E-state index in [1.54, 1.807) is 6.20 Å². The van der Waals surface area contributed by atoms with Gasteiger partial charge in [0.25, 0.3) is 0 Å². The van der Waals surface area contributed by atoms with Crippen molar-refractivity contribution in [3.63, 3.8) is 0 Å². The quantitative estimate of drug-likeness (QED) is 0.714. The van der Waals surface area contributed by atoms with E-state index in [2.05, 4.69) is 32.3 Å². The van der Waals surface area contributed by atoms with Crippen molar-refractivity contribution in [1.29, 1.82) is 0 Å². The highest BCUT2D eigenvalue weighted by molar-refractivity contribution is 7.15. The van der Waals surface area contributed by atoms with Crippen molar-refractivity contribution < 1.29 is 4.79 Å². The minimum atomic E-state index is 0.00555. The SMILES string of the molecule is CCCCCc1nnc(NC(=O)C2CCN(c3ccc(Cl)cn3)CC2)s1. The highest BCUT2D eigenvalue weighted by atomic mass is 35.5. The molecule has 0 atom stereocenters. The number of pyridine rings is 1. The average molecular weight is 394 g/mol. The number of unbranched alkanes of at least 4 members (excludes halogenated alkanes) is 2. The van der Waals surface area contributed by atoms with Gasteiger partial charge in [0.1, 0.15) is 10.8 Å². The molecule has 0 spiro atoms. The molecule has 0 bridgehead atoms. The van der Waals surface area contributed by atoms with Gasteiger partial charge in [0.2, 0.25) is 11.0 Å². The zero-order chi connectivity index (χ0) is 18.4. The van der Waals surface area contributed by atoms with E-state index in [-0.39, 0.29) is 11.8 Å². The smallest absolute Gasteiger partial charge is 0.229 e. The van der Waals surface area contributed by atoms with Crippen molar-refractivity contribution in [2.75, 3.05) is 23.3 Å². The van der Waals surface area contributed by atoms with Crippen molar-refractivity contribution in [3.8, 4) is 0 Å². The van der Waals surface area contributed by atoms with Crippen LogP contribution in [-0.2, 0) is 11.2 Å². The van der Waals surface area contributed by atoms with E-state index in [0.29, 0.717) is 10.2 Å². The number of carbonyl (C=O) groups is 1. The van der Waals surface area contributed by atoms with Crippen LogP contribution in [0.25, 0.3) is 0 Å². The minimum Gasteiger partial charge on any atom is -0.357 e. The normalized spacial score (nSPS) is 15.2. The fourth-order valence-electron chi connectivity index (χ4n) is 3.06. The Morgan fingerprint density at radius 2 is 2.12 bits per heavy atom. The lowest BCUT2D eigenvalue weighted by Crippen LogP contribution is -2.38. The first kappa shape index (κ1) is 19.0. The van der Waals surface area contributed by atoms with Gasteiger partial charge in [-0.3, -0.25) is 4.79 Å². The molecule has 0 saturated carbocycles. The maximum Gasteiger partial charge on any atom is 0.229 e. The molecule has 1 aliphatic rings. The molecule has 1 N–H and O–H groups in total. The van der Waals surface area contributed by atoms with Crippen molar-refractivity contribution in [2.24, 2.45) is 5.92 Å². The molecule has 0 radical (unpaired) electrons. The molecule has 2 aromatic heterocycles. The Kier molecular flexibility index (Phi) is 6.80. The molecule has 0 unspecified atom stereocenters. The predicted octanol–water partition coefficient (Wildman–Crippen LogP) is 4.17. The third-order valence-electron chi connectivity index (χ3n) is 4.59. The van der Waals surface area contributed by atoms with E-state index in [0.717, 1.165) is 49.6 Å². The molecule has 3 rings (SSSR count). The number of nitrogens with zero attached hydrogens (tertiary/aromatic N) is 4. The summed E-state index contributed by atoms with van der Waals surface area (Å²) in [6, 6.07) is 3.76. The number of rotatable bonds is 7. The third-order valence-corrected chi connectivity index (χ3v) is 5.71. The molecule has 1 amide bonds. The lowest BCUT2D eigenvalue weighted by atomic mass is 9.96. The monoisotopic (exact) mass is 393 g/mol. The number of hydrogen-bond donors (Lipinski definition) is 1. The minimum absolute atomic E-state index is 0.00555. The van der Waals surface area contributed by atoms with Crippen LogP contribution >= 0.6 is 22.9 Å². The van der Waals surface area contributed by atoms with Gasteiger partial charge in [0.15, 0.2) is 0 Å². The van der Waals surface area contributed by atoms with Gasteiger partial charge in [-0.15, -0.1) is 10.2 Å². The largest absolute Gasteiger partial charge is 0.357 e. The molecular weight excluding hydrogens is 370 g/mol. The highest BCUT2D eigenvalue weighted by Crippen LogP contribution is 2.25. The van der Waals surface area contributed by atoms with Crippen LogP contribution in [0.3, 0.4) is 0 Å². The average Bonchev–Trinajstić information content (AvgIpc) is 3.10. The molecule has 1 fully saturated rings. The first-order valence-corrected chi connectivity index (χ1v) is 10.3. The van der Waals surface area contributed by atoms with Gasteiger partial charge in [-0.25, -0.2) is 4.98 Å². The number of anilines is 2. The summed E-state index contributed by atoms with van der Waals surface area (Å²) in [6.07, 6.45) is 7.71. The van der Waals surface area contributed by atoms with Crippen LogP contribution in [0.2, 0.25) is 5.02 Å². The molecular formula is C18H24ClN5OS.